The molecule has 16 heteroatoms. The zero-order valence-electron chi connectivity index (χ0n) is 34.7. The van der Waals surface area contributed by atoms with Crippen LogP contribution in [0, 0.1) is 17.3 Å². The van der Waals surface area contributed by atoms with Gasteiger partial charge in [0.05, 0.1) is 78.5 Å². The number of hydrogen-bond acceptors (Lipinski definition) is 10. The van der Waals surface area contributed by atoms with E-state index in [9.17, 15) is 29.4 Å². The molecule has 0 aromatic heterocycles. The van der Waals surface area contributed by atoms with Crippen LogP contribution in [0.3, 0.4) is 0 Å². The second-order valence-corrected chi connectivity index (χ2v) is 16.9. The number of fused-ring (bicyclic) bond motifs is 4. The molecule has 14 nitrogen and oxygen atoms in total. The summed E-state index contributed by atoms with van der Waals surface area (Å²) in [4.78, 5) is 50.2. The summed E-state index contributed by atoms with van der Waals surface area (Å²) in [7, 11) is 10.5. The number of hydrogen-bond donors (Lipinski definition) is 2. The van der Waals surface area contributed by atoms with Crippen LogP contribution < -0.4 is 62.4 Å². The highest BCUT2D eigenvalue weighted by molar-refractivity contribution is 5.82. The van der Waals surface area contributed by atoms with Gasteiger partial charge in [-0.3, -0.25) is 19.2 Å². The molecular weight excluding hydrogens is 884 g/mol. The Labute approximate surface area is 361 Å². The number of piperidine rings is 2. The van der Waals surface area contributed by atoms with E-state index in [4.69, 9.17) is 28.4 Å². The van der Waals surface area contributed by atoms with Gasteiger partial charge in [-0.05, 0) is 36.1 Å². The number of rotatable bonds is 15. The maximum Gasteiger partial charge on any atom is 0.310 e. The van der Waals surface area contributed by atoms with E-state index < -0.39 is 35.7 Å². The van der Waals surface area contributed by atoms with Crippen LogP contribution in [0.2, 0.25) is 0 Å². The first-order valence-corrected chi connectivity index (χ1v) is 19.5. The predicted molar refractivity (Wildman–Crippen MR) is 203 cm³/mol. The van der Waals surface area contributed by atoms with Crippen molar-refractivity contribution in [2.75, 3.05) is 42.5 Å². The molecule has 0 aliphatic carbocycles. The number of methoxy groups -OCH3 is 4. The number of benzene rings is 2. The molecule has 4 aliphatic rings. The molecule has 8 atom stereocenters. The first kappa shape index (κ1) is 47.1. The highest BCUT2D eigenvalue weighted by Crippen LogP contribution is 2.59. The number of ether oxygens (including phenoxy) is 6. The van der Waals surface area contributed by atoms with Crippen molar-refractivity contribution in [1.82, 2.24) is 0 Å². The fraction of sp³-hybridized carbons (Fsp3) is 0.619. The third-order valence-electron chi connectivity index (χ3n) is 14.1. The summed E-state index contributed by atoms with van der Waals surface area (Å²) in [6, 6.07) is 8.03. The fourth-order valence-corrected chi connectivity index (χ4v) is 11.5. The highest BCUT2D eigenvalue weighted by Gasteiger charge is 2.64. The minimum Gasteiger partial charge on any atom is -1.00 e. The van der Waals surface area contributed by atoms with Gasteiger partial charge in [0.15, 0.2) is 23.0 Å². The van der Waals surface area contributed by atoms with Gasteiger partial charge in [0.25, 0.3) is 0 Å². The summed E-state index contributed by atoms with van der Waals surface area (Å²) in [6.07, 6.45) is 5.79. The molecule has 0 radical (unpaired) electrons. The summed E-state index contributed by atoms with van der Waals surface area (Å²) in [5.74, 6) is -1.60. The van der Waals surface area contributed by atoms with Gasteiger partial charge in [-0.2, -0.15) is 0 Å². The van der Waals surface area contributed by atoms with Crippen molar-refractivity contribution < 1.29 is 101 Å². The quantitative estimate of drug-likeness (QED) is 0.135. The average Bonchev–Trinajstić information content (AvgIpc) is 3.37. The summed E-state index contributed by atoms with van der Waals surface area (Å²) < 4.78 is 34.7. The Kier molecular flexibility index (Phi) is 14.9. The lowest BCUT2D eigenvalue weighted by atomic mass is 9.57. The van der Waals surface area contributed by atoms with E-state index in [0.29, 0.717) is 70.7 Å². The molecule has 0 spiro atoms. The Hall–Kier alpha value is -3.60. The molecule has 2 N–H and O–H groups in total. The number of carboxylic acids is 2. The largest absolute Gasteiger partial charge is 1.00 e. The Bertz CT molecular complexity index is 1680. The van der Waals surface area contributed by atoms with Crippen LogP contribution in [-0.4, -0.2) is 110 Å². The van der Waals surface area contributed by atoms with Gasteiger partial charge in [0.2, 0.25) is 11.5 Å². The van der Waals surface area contributed by atoms with E-state index in [1.807, 2.05) is 24.3 Å². The molecule has 4 bridgehead atoms. The Balaban J connectivity index is 0.00000372. The van der Waals surface area contributed by atoms with Gasteiger partial charge in [0.1, 0.15) is 13.1 Å². The van der Waals surface area contributed by atoms with Crippen molar-refractivity contribution in [1.29, 1.82) is 0 Å². The number of quaternary nitrogens is 2. The SMILES string of the molecule is COc1cc(C[N+]2(C)[C@@H]3CC[C@H]2CC(C(CC(=O)O)(C(=O)O)C2C[C@H]4CC[C@@H](C2)[N+]4(C)Cc2cc(OC)c(OC(C)=O)c(OC)c2)C3)cc(OC)c1OC(C)=O.[Br-].[Br-]. The maximum atomic E-state index is 13.8. The molecule has 322 valence electrons. The van der Waals surface area contributed by atoms with E-state index >= 15 is 0 Å². The van der Waals surface area contributed by atoms with Gasteiger partial charge in [0, 0.05) is 76.3 Å². The predicted octanol–water partition coefficient (Wildman–Crippen LogP) is -0.399. The van der Waals surface area contributed by atoms with E-state index in [1.165, 1.54) is 42.3 Å². The van der Waals surface area contributed by atoms with E-state index in [-0.39, 0.29) is 81.5 Å². The molecule has 0 amide bonds. The van der Waals surface area contributed by atoms with Gasteiger partial charge in [-0.25, -0.2) is 0 Å². The lowest BCUT2D eigenvalue weighted by Gasteiger charge is -2.55. The van der Waals surface area contributed by atoms with Crippen LogP contribution in [-0.2, 0) is 32.3 Å². The summed E-state index contributed by atoms with van der Waals surface area (Å²) in [5, 5.41) is 21.7. The van der Waals surface area contributed by atoms with Crippen molar-refractivity contribution >= 4 is 23.9 Å². The van der Waals surface area contributed by atoms with E-state index in [2.05, 4.69) is 14.1 Å². The lowest BCUT2D eigenvalue weighted by Crippen LogP contribution is -3.00. The molecule has 2 aromatic rings. The second-order valence-electron chi connectivity index (χ2n) is 16.9. The van der Waals surface area contributed by atoms with E-state index in [1.54, 1.807) is 0 Å². The van der Waals surface area contributed by atoms with Crippen molar-refractivity contribution in [3.63, 3.8) is 0 Å². The third-order valence-corrected chi connectivity index (χ3v) is 14.1. The minimum atomic E-state index is -1.40. The number of esters is 2. The van der Waals surface area contributed by atoms with Crippen LogP contribution in [0.5, 0.6) is 34.5 Å². The normalized spacial score (nSPS) is 29.1. The first-order valence-electron chi connectivity index (χ1n) is 19.5. The van der Waals surface area contributed by atoms with Gasteiger partial charge in [-0.15, -0.1) is 0 Å². The average molecular weight is 943 g/mol. The number of carboxylic acid groups (broad SMARTS) is 2. The maximum absolute atomic E-state index is 13.8. The van der Waals surface area contributed by atoms with Crippen molar-refractivity contribution in [3.8, 4) is 34.5 Å². The molecule has 4 aliphatic heterocycles. The van der Waals surface area contributed by atoms with Crippen molar-refractivity contribution in [2.24, 2.45) is 17.3 Å². The summed E-state index contributed by atoms with van der Waals surface area (Å²) in [6.45, 7) is 3.91. The molecular formula is C42H58Br2N2O12. The number of aliphatic carboxylic acids is 2. The standard InChI is InChI=1S/C42H56N2O12.2BrH/c1-24(45)55-39-34(51-5)13-26(14-35(39)52-6)22-43(3)30-9-10-31(43)18-28(17-30)42(41(49)50,21-38(47)48)29-19-32-11-12-33(20-29)44(32,4)23-27-15-36(53-7)40(56-25(2)46)37(16-27)54-8;;/h13-16,28-33H,9-12,17-23H2,1-8H3;2*1H/t28?,29?,30-,31+,32-,33+,42?,43?,44?;;. The molecule has 4 fully saturated rings. The highest BCUT2D eigenvalue weighted by atomic mass is 79.9. The Morgan fingerprint density at radius 3 is 1.12 bits per heavy atom. The zero-order chi connectivity index (χ0) is 40.7. The fourth-order valence-electron chi connectivity index (χ4n) is 11.5. The molecule has 0 saturated carbocycles. The van der Waals surface area contributed by atoms with Crippen LogP contribution in [0.1, 0.15) is 82.8 Å². The Morgan fingerprint density at radius 1 is 0.603 bits per heavy atom. The van der Waals surface area contributed by atoms with Crippen molar-refractivity contribution in [3.05, 3.63) is 35.4 Å². The number of carbonyl (C=O) groups excluding carboxylic acids is 2. The van der Waals surface area contributed by atoms with Crippen LogP contribution in [0.15, 0.2) is 24.3 Å². The summed E-state index contributed by atoms with van der Waals surface area (Å²) in [5.41, 5.74) is 0.486. The molecule has 4 saturated heterocycles. The number of carbonyl (C=O) groups is 4. The van der Waals surface area contributed by atoms with Crippen LogP contribution >= 0.6 is 0 Å². The zero-order valence-corrected chi connectivity index (χ0v) is 37.9. The molecule has 4 unspecified atom stereocenters. The van der Waals surface area contributed by atoms with Gasteiger partial charge < -0.3 is 81.6 Å². The minimum absolute atomic E-state index is 0. The molecule has 6 rings (SSSR count). The van der Waals surface area contributed by atoms with Crippen molar-refractivity contribution in [2.45, 2.75) is 109 Å². The Morgan fingerprint density at radius 2 is 0.897 bits per heavy atom. The van der Waals surface area contributed by atoms with Gasteiger partial charge >= 0.3 is 23.9 Å². The topological polar surface area (TPSA) is 164 Å². The van der Waals surface area contributed by atoms with Crippen LogP contribution in [0.25, 0.3) is 0 Å². The molecule has 2 aromatic carbocycles. The second kappa shape index (κ2) is 18.3. The monoisotopic (exact) mass is 940 g/mol. The van der Waals surface area contributed by atoms with Crippen LogP contribution in [0.4, 0.5) is 0 Å². The lowest BCUT2D eigenvalue weighted by molar-refractivity contribution is -0.963. The van der Waals surface area contributed by atoms with Gasteiger partial charge in [-0.1, -0.05) is 0 Å². The third kappa shape index (κ3) is 8.53. The summed E-state index contributed by atoms with van der Waals surface area (Å²) >= 11 is 0. The van der Waals surface area contributed by atoms with E-state index in [0.717, 1.165) is 36.8 Å². The number of nitrogens with zero attached hydrogens (tertiary/aromatic N) is 2. The molecule has 58 heavy (non-hydrogen) atoms. The molecule has 4 heterocycles. The first-order chi connectivity index (χ1) is 26.5. The number of halogens is 2. The smallest absolute Gasteiger partial charge is 0.310 e.